The van der Waals surface area contributed by atoms with Gasteiger partial charge in [0.05, 0.1) is 24.9 Å². The maximum atomic E-state index is 12.7. The van der Waals surface area contributed by atoms with E-state index in [4.69, 9.17) is 5.11 Å². The molecule has 1 aliphatic rings. The van der Waals surface area contributed by atoms with Gasteiger partial charge in [0.15, 0.2) is 0 Å². The fourth-order valence-electron chi connectivity index (χ4n) is 3.42. The molecule has 9 heteroatoms. The van der Waals surface area contributed by atoms with Crippen molar-refractivity contribution in [3.63, 3.8) is 0 Å². The van der Waals surface area contributed by atoms with Crippen LogP contribution in [0.4, 0.5) is 0 Å². The summed E-state index contributed by atoms with van der Waals surface area (Å²) in [6.07, 6.45) is 5.10. The molecule has 1 saturated heterocycles. The predicted molar refractivity (Wildman–Crippen MR) is 92.0 cm³/mol. The van der Waals surface area contributed by atoms with Gasteiger partial charge in [-0.3, -0.25) is 19.5 Å². The number of nitrogens with zero attached hydrogens (tertiary/aromatic N) is 5. The Balaban J connectivity index is 1.61. The number of aromatic nitrogens is 4. The van der Waals surface area contributed by atoms with Crippen molar-refractivity contribution in [2.45, 2.75) is 18.9 Å². The van der Waals surface area contributed by atoms with Crippen LogP contribution in [0.3, 0.4) is 0 Å². The Labute approximate surface area is 151 Å². The number of rotatable bonds is 7. The zero-order chi connectivity index (χ0) is 18.5. The smallest absolute Gasteiger partial charge is 0.303 e. The molecule has 2 atom stereocenters. The van der Waals surface area contributed by atoms with Crippen LogP contribution in [0.2, 0.25) is 0 Å². The number of hydrogen-bond donors (Lipinski definition) is 2. The van der Waals surface area contributed by atoms with Crippen LogP contribution in [-0.4, -0.2) is 73.9 Å². The first-order valence-corrected chi connectivity index (χ1v) is 8.45. The molecule has 1 fully saturated rings. The number of likely N-dealkylation sites (N-methyl/N-ethyl adjacent to an activating group) is 1. The second kappa shape index (κ2) is 8.05. The number of aliphatic carboxylic acids is 1. The van der Waals surface area contributed by atoms with Gasteiger partial charge >= 0.3 is 5.97 Å². The average molecular weight is 358 g/mol. The van der Waals surface area contributed by atoms with Crippen LogP contribution < -0.4 is 0 Å². The van der Waals surface area contributed by atoms with Crippen LogP contribution >= 0.6 is 0 Å². The molecule has 1 aliphatic heterocycles. The van der Waals surface area contributed by atoms with E-state index in [2.05, 4.69) is 20.4 Å². The summed E-state index contributed by atoms with van der Waals surface area (Å²) in [4.78, 5) is 31.6. The van der Waals surface area contributed by atoms with Gasteiger partial charge in [-0.1, -0.05) is 6.07 Å². The van der Waals surface area contributed by atoms with Crippen molar-refractivity contribution in [3.8, 4) is 0 Å². The molecule has 0 unspecified atom stereocenters. The molecule has 0 aromatic carbocycles. The Morgan fingerprint density at radius 3 is 2.88 bits per heavy atom. The lowest BCUT2D eigenvalue weighted by Crippen LogP contribution is -2.37. The van der Waals surface area contributed by atoms with Gasteiger partial charge < -0.3 is 10.0 Å². The largest absolute Gasteiger partial charge is 0.481 e. The van der Waals surface area contributed by atoms with Crippen LogP contribution in [-0.2, 0) is 16.1 Å². The van der Waals surface area contributed by atoms with E-state index in [1.54, 1.807) is 23.5 Å². The zero-order valence-electron chi connectivity index (χ0n) is 14.6. The van der Waals surface area contributed by atoms with Gasteiger partial charge in [-0.15, -0.1) is 0 Å². The molecule has 0 spiro atoms. The Morgan fingerprint density at radius 1 is 1.38 bits per heavy atom. The van der Waals surface area contributed by atoms with Crippen molar-refractivity contribution in [2.24, 2.45) is 5.92 Å². The SMILES string of the molecule is CN(CC(=O)N1C[C@H](CC(=O)O)[C@H](c2cn[nH]n2)C1)Cc1cccnc1. The Bertz CT molecular complexity index is 736. The van der Waals surface area contributed by atoms with Gasteiger partial charge in [-0.25, -0.2) is 0 Å². The second-order valence-corrected chi connectivity index (χ2v) is 6.69. The van der Waals surface area contributed by atoms with Crippen molar-refractivity contribution in [3.05, 3.63) is 42.0 Å². The minimum atomic E-state index is -0.869. The summed E-state index contributed by atoms with van der Waals surface area (Å²) in [6.45, 7) is 1.77. The highest BCUT2D eigenvalue weighted by Crippen LogP contribution is 2.33. The van der Waals surface area contributed by atoms with E-state index in [0.29, 0.717) is 25.3 Å². The third kappa shape index (κ3) is 4.42. The summed E-state index contributed by atoms with van der Waals surface area (Å²) in [6, 6.07) is 3.83. The topological polar surface area (TPSA) is 115 Å². The summed E-state index contributed by atoms with van der Waals surface area (Å²) < 4.78 is 0. The molecule has 138 valence electrons. The first kappa shape index (κ1) is 18.0. The molecule has 0 aliphatic carbocycles. The summed E-state index contributed by atoms with van der Waals surface area (Å²) in [5.74, 6) is -1.16. The quantitative estimate of drug-likeness (QED) is 0.734. The molecule has 26 heavy (non-hydrogen) atoms. The molecule has 3 heterocycles. The number of carboxylic acid groups (broad SMARTS) is 1. The standard InChI is InChI=1S/C17H22N6O3/c1-22(8-12-3-2-4-18-6-12)11-16(24)23-9-13(5-17(25)26)14(10-23)15-7-19-21-20-15/h2-4,6-7,13-14H,5,8-11H2,1H3,(H,25,26)(H,19,20,21)/t13-,14+/m0/s1. The molecule has 2 aromatic heterocycles. The zero-order valence-corrected chi connectivity index (χ0v) is 14.6. The maximum absolute atomic E-state index is 12.7. The molecule has 1 amide bonds. The number of H-pyrrole nitrogens is 1. The predicted octanol–water partition coefficient (Wildman–Crippen LogP) is 0.348. The van der Waals surface area contributed by atoms with E-state index in [0.717, 1.165) is 5.56 Å². The number of likely N-dealkylation sites (tertiary alicyclic amines) is 1. The molecule has 0 radical (unpaired) electrons. The van der Waals surface area contributed by atoms with E-state index in [-0.39, 0.29) is 30.7 Å². The van der Waals surface area contributed by atoms with Crippen LogP contribution in [0.1, 0.15) is 23.6 Å². The third-order valence-electron chi connectivity index (χ3n) is 4.62. The number of carbonyl (C=O) groups is 2. The van der Waals surface area contributed by atoms with Crippen molar-refractivity contribution >= 4 is 11.9 Å². The number of nitrogens with one attached hydrogen (secondary N) is 1. The minimum absolute atomic E-state index is 0.00678. The van der Waals surface area contributed by atoms with Gasteiger partial charge in [-0.05, 0) is 24.6 Å². The normalized spacial score (nSPS) is 19.8. The highest BCUT2D eigenvalue weighted by molar-refractivity contribution is 5.79. The highest BCUT2D eigenvalue weighted by atomic mass is 16.4. The fraction of sp³-hybridized carbons (Fsp3) is 0.471. The van der Waals surface area contributed by atoms with Gasteiger partial charge in [0.2, 0.25) is 5.91 Å². The minimum Gasteiger partial charge on any atom is -0.481 e. The number of amides is 1. The van der Waals surface area contributed by atoms with Gasteiger partial charge in [0, 0.05) is 37.9 Å². The Hall–Kier alpha value is -2.81. The summed E-state index contributed by atoms with van der Waals surface area (Å²) >= 11 is 0. The van der Waals surface area contributed by atoms with Crippen molar-refractivity contribution < 1.29 is 14.7 Å². The molecular formula is C17H22N6O3. The first-order valence-electron chi connectivity index (χ1n) is 8.45. The third-order valence-corrected chi connectivity index (χ3v) is 4.62. The van der Waals surface area contributed by atoms with Crippen molar-refractivity contribution in [1.29, 1.82) is 0 Å². The number of carboxylic acids is 1. The molecule has 2 aromatic rings. The van der Waals surface area contributed by atoms with Gasteiger partial charge in [-0.2, -0.15) is 15.4 Å². The summed E-state index contributed by atoms with van der Waals surface area (Å²) in [5, 5.41) is 19.6. The number of carbonyl (C=O) groups excluding carboxylic acids is 1. The van der Waals surface area contributed by atoms with Crippen LogP contribution in [0, 0.1) is 5.92 Å². The fourth-order valence-corrected chi connectivity index (χ4v) is 3.42. The van der Waals surface area contributed by atoms with E-state index in [1.807, 2.05) is 24.1 Å². The average Bonchev–Trinajstić information content (AvgIpc) is 3.24. The Morgan fingerprint density at radius 2 is 2.23 bits per heavy atom. The number of aromatic amines is 1. The van der Waals surface area contributed by atoms with Crippen LogP contribution in [0.5, 0.6) is 0 Å². The molecule has 9 nitrogen and oxygen atoms in total. The lowest BCUT2D eigenvalue weighted by Gasteiger charge is -2.21. The molecule has 0 saturated carbocycles. The monoisotopic (exact) mass is 358 g/mol. The van der Waals surface area contributed by atoms with Crippen molar-refractivity contribution in [1.82, 2.24) is 30.2 Å². The summed E-state index contributed by atoms with van der Waals surface area (Å²) in [5.41, 5.74) is 1.74. The van der Waals surface area contributed by atoms with E-state index in [1.165, 1.54) is 0 Å². The van der Waals surface area contributed by atoms with E-state index < -0.39 is 5.97 Å². The molecule has 2 N–H and O–H groups in total. The first-order chi connectivity index (χ1) is 12.5. The van der Waals surface area contributed by atoms with Gasteiger partial charge in [0.25, 0.3) is 0 Å². The second-order valence-electron chi connectivity index (χ2n) is 6.69. The van der Waals surface area contributed by atoms with E-state index in [9.17, 15) is 9.59 Å². The lowest BCUT2D eigenvalue weighted by molar-refractivity contribution is -0.138. The highest BCUT2D eigenvalue weighted by Gasteiger charge is 2.38. The number of pyridine rings is 1. The molecule has 0 bridgehead atoms. The van der Waals surface area contributed by atoms with Crippen LogP contribution in [0.15, 0.2) is 30.7 Å². The van der Waals surface area contributed by atoms with E-state index >= 15 is 0 Å². The Kier molecular flexibility index (Phi) is 5.57. The molecule has 3 rings (SSSR count). The summed E-state index contributed by atoms with van der Waals surface area (Å²) in [7, 11) is 1.88. The maximum Gasteiger partial charge on any atom is 0.303 e. The van der Waals surface area contributed by atoms with Crippen molar-refractivity contribution in [2.75, 3.05) is 26.7 Å². The number of hydrogen-bond acceptors (Lipinski definition) is 6. The lowest BCUT2D eigenvalue weighted by atomic mass is 9.91. The van der Waals surface area contributed by atoms with Crippen LogP contribution in [0.25, 0.3) is 0 Å². The van der Waals surface area contributed by atoms with Gasteiger partial charge in [0.1, 0.15) is 0 Å². The molecular weight excluding hydrogens is 336 g/mol.